The summed E-state index contributed by atoms with van der Waals surface area (Å²) < 4.78 is -1.36. The van der Waals surface area contributed by atoms with Crippen molar-refractivity contribution < 1.29 is 14.5 Å². The first kappa shape index (κ1) is 25.5. The van der Waals surface area contributed by atoms with E-state index in [9.17, 15) is 19.7 Å². The smallest absolute Gasteiger partial charge is 0.289 e. The monoisotopic (exact) mass is 572 g/mol. The van der Waals surface area contributed by atoms with E-state index in [1.54, 1.807) is 18.2 Å². The average Bonchev–Trinajstić information content (AvgIpc) is 3.39. The maximum atomic E-state index is 12.9. The Hall–Kier alpha value is -2.62. The molecule has 2 amide bonds. The lowest BCUT2D eigenvalue weighted by Crippen LogP contribution is -2.18. The van der Waals surface area contributed by atoms with Gasteiger partial charge in [-0.3, -0.25) is 24.7 Å². The molecule has 3 aromatic rings. The van der Waals surface area contributed by atoms with Crippen LogP contribution in [0.3, 0.4) is 0 Å². The largest absolute Gasteiger partial charge is 0.326 e. The fourth-order valence-corrected chi connectivity index (χ4v) is 4.90. The second-order valence-electron chi connectivity index (χ2n) is 7.63. The van der Waals surface area contributed by atoms with Gasteiger partial charge in [0.2, 0.25) is 5.91 Å². The molecule has 13 heteroatoms. The number of hydrogen-bond donors (Lipinski definition) is 2. The number of anilines is 2. The summed E-state index contributed by atoms with van der Waals surface area (Å²) in [5, 5.41) is 16.9. The third kappa shape index (κ3) is 5.32. The van der Waals surface area contributed by atoms with Gasteiger partial charge in [-0.15, -0.1) is 23.2 Å². The number of halogens is 5. The molecule has 4 rings (SSSR count). The van der Waals surface area contributed by atoms with Crippen molar-refractivity contribution in [3.63, 3.8) is 0 Å². The second kappa shape index (κ2) is 9.79. The highest BCUT2D eigenvalue weighted by Crippen LogP contribution is 2.65. The summed E-state index contributed by atoms with van der Waals surface area (Å²) in [6, 6.07) is 10.3. The van der Waals surface area contributed by atoms with Crippen LogP contribution in [0.4, 0.5) is 17.1 Å². The first-order chi connectivity index (χ1) is 16.5. The molecule has 0 bridgehead atoms. The highest BCUT2D eigenvalue weighted by Gasteiger charge is 2.67. The van der Waals surface area contributed by atoms with Crippen LogP contribution in [0.25, 0.3) is 0 Å². The van der Waals surface area contributed by atoms with Crippen LogP contribution in [0.1, 0.15) is 21.8 Å². The summed E-state index contributed by atoms with van der Waals surface area (Å²) in [7, 11) is 0. The number of rotatable bonds is 6. The van der Waals surface area contributed by atoms with E-state index in [-0.39, 0.29) is 27.6 Å². The SMILES string of the molecule is O=C(Nc1cncc([N+](=O)[O-])c1)c1cc(NC(=O)C2[C@H](c3ccc(Cl)c(Cl)c3)C2(Cl)Cl)ccc1Cl. The van der Waals surface area contributed by atoms with Gasteiger partial charge in [0.15, 0.2) is 0 Å². The zero-order valence-corrected chi connectivity index (χ0v) is 21.0. The zero-order valence-electron chi connectivity index (χ0n) is 17.3. The quantitative estimate of drug-likeness (QED) is 0.193. The highest BCUT2D eigenvalue weighted by atomic mass is 35.5. The Morgan fingerprint density at radius 3 is 2.31 bits per heavy atom. The predicted molar refractivity (Wildman–Crippen MR) is 136 cm³/mol. The Balaban J connectivity index is 1.50. The number of alkyl halides is 2. The third-order valence-corrected chi connectivity index (χ3v) is 7.32. The molecule has 1 aliphatic rings. The molecule has 8 nitrogen and oxygen atoms in total. The number of amides is 2. The van der Waals surface area contributed by atoms with Crippen molar-refractivity contribution in [3.8, 4) is 0 Å². The molecule has 1 aromatic heterocycles. The number of hydrogen-bond acceptors (Lipinski definition) is 5. The number of pyridine rings is 1. The van der Waals surface area contributed by atoms with Gasteiger partial charge in [0, 0.05) is 17.7 Å². The summed E-state index contributed by atoms with van der Waals surface area (Å²) in [5.41, 5.74) is 0.764. The maximum absolute atomic E-state index is 12.9. The van der Waals surface area contributed by atoms with E-state index in [4.69, 9.17) is 58.0 Å². The molecule has 0 radical (unpaired) electrons. The summed E-state index contributed by atoms with van der Waals surface area (Å²) in [5.74, 6) is -2.43. The van der Waals surface area contributed by atoms with Crippen LogP contribution in [-0.4, -0.2) is 26.1 Å². The molecule has 2 aromatic carbocycles. The van der Waals surface area contributed by atoms with Crippen molar-refractivity contribution in [2.24, 2.45) is 5.92 Å². The second-order valence-corrected chi connectivity index (χ2v) is 10.3. The molecule has 0 saturated heterocycles. The Morgan fingerprint density at radius 2 is 1.63 bits per heavy atom. The molecular weight excluding hydrogens is 562 g/mol. The topological polar surface area (TPSA) is 114 Å². The minimum absolute atomic E-state index is 0.0239. The fraction of sp³-hybridized carbons (Fsp3) is 0.136. The molecule has 0 spiro atoms. The number of benzene rings is 2. The van der Waals surface area contributed by atoms with E-state index in [0.29, 0.717) is 15.6 Å². The molecule has 180 valence electrons. The van der Waals surface area contributed by atoms with Gasteiger partial charge in [-0.1, -0.05) is 40.9 Å². The van der Waals surface area contributed by atoms with Gasteiger partial charge >= 0.3 is 0 Å². The molecule has 35 heavy (non-hydrogen) atoms. The number of nitrogens with one attached hydrogen (secondary N) is 2. The summed E-state index contributed by atoms with van der Waals surface area (Å²) in [6.45, 7) is 0. The number of aromatic nitrogens is 1. The van der Waals surface area contributed by atoms with Crippen molar-refractivity contribution in [2.45, 2.75) is 10.3 Å². The van der Waals surface area contributed by atoms with Crippen molar-refractivity contribution in [1.82, 2.24) is 4.98 Å². The lowest BCUT2D eigenvalue weighted by molar-refractivity contribution is -0.385. The van der Waals surface area contributed by atoms with E-state index in [2.05, 4.69) is 15.6 Å². The minimum atomic E-state index is -1.36. The number of nitro groups is 1. The Bertz CT molecular complexity index is 1370. The Morgan fingerprint density at radius 1 is 0.914 bits per heavy atom. The van der Waals surface area contributed by atoms with E-state index >= 15 is 0 Å². The van der Waals surface area contributed by atoms with Crippen LogP contribution < -0.4 is 10.6 Å². The molecule has 1 heterocycles. The van der Waals surface area contributed by atoms with Crippen molar-refractivity contribution in [3.05, 3.63) is 91.2 Å². The van der Waals surface area contributed by atoms with Crippen molar-refractivity contribution in [2.75, 3.05) is 10.6 Å². The predicted octanol–water partition coefficient (Wildman–Crippen LogP) is 6.73. The average molecular weight is 575 g/mol. The molecule has 1 saturated carbocycles. The van der Waals surface area contributed by atoms with Crippen molar-refractivity contribution >= 4 is 86.9 Å². The molecule has 1 unspecified atom stereocenters. The lowest BCUT2D eigenvalue weighted by Gasteiger charge is -2.10. The first-order valence-electron chi connectivity index (χ1n) is 9.83. The minimum Gasteiger partial charge on any atom is -0.326 e. The summed E-state index contributed by atoms with van der Waals surface area (Å²) >= 11 is 31.0. The highest BCUT2D eigenvalue weighted by molar-refractivity contribution is 6.53. The molecule has 1 aliphatic carbocycles. The van der Waals surface area contributed by atoms with Crippen LogP contribution in [0.5, 0.6) is 0 Å². The van der Waals surface area contributed by atoms with Crippen molar-refractivity contribution in [1.29, 1.82) is 0 Å². The van der Waals surface area contributed by atoms with E-state index in [0.717, 1.165) is 12.3 Å². The molecule has 2 atom stereocenters. The first-order valence-corrected chi connectivity index (χ1v) is 11.7. The standard InChI is InChI=1S/C22H13Cl5N4O4/c23-15-4-2-11(7-14(15)20(32)30-12-6-13(31(34)35)9-28-8-12)29-21(33)19-18(22(19,26)27)10-1-3-16(24)17(25)5-10/h1-9,18-19H,(H,29,33)(H,30,32)/t18-,19?/m0/s1. The van der Waals surface area contributed by atoms with Gasteiger partial charge in [-0.05, 0) is 35.9 Å². The Kier molecular flexibility index (Phi) is 7.13. The van der Waals surface area contributed by atoms with Crippen LogP contribution in [0, 0.1) is 16.0 Å². The van der Waals surface area contributed by atoms with E-state index in [1.165, 1.54) is 24.4 Å². The van der Waals surface area contributed by atoms with Crippen LogP contribution in [0.2, 0.25) is 15.1 Å². The van der Waals surface area contributed by atoms with Gasteiger partial charge < -0.3 is 10.6 Å². The van der Waals surface area contributed by atoms with Crippen LogP contribution in [-0.2, 0) is 4.79 Å². The fourth-order valence-electron chi connectivity index (χ4n) is 3.56. The van der Waals surface area contributed by atoms with E-state index < -0.39 is 32.9 Å². The van der Waals surface area contributed by atoms with Gasteiger partial charge in [0.1, 0.15) is 10.5 Å². The molecular formula is C22H13Cl5N4O4. The summed E-state index contributed by atoms with van der Waals surface area (Å²) in [6.07, 6.45) is 2.30. The normalized spacial score (nSPS) is 18.0. The number of carbonyl (C=O) groups excluding carboxylic acids is 2. The number of nitrogens with zero attached hydrogens (tertiary/aromatic N) is 2. The number of carbonyl (C=O) groups is 2. The van der Waals surface area contributed by atoms with Gasteiger partial charge in [-0.2, -0.15) is 0 Å². The Labute approximate surface area is 223 Å². The molecule has 1 fully saturated rings. The maximum Gasteiger partial charge on any atom is 0.289 e. The lowest BCUT2D eigenvalue weighted by atomic mass is 10.1. The van der Waals surface area contributed by atoms with Gasteiger partial charge in [0.05, 0.1) is 43.4 Å². The van der Waals surface area contributed by atoms with Gasteiger partial charge in [-0.25, -0.2) is 0 Å². The third-order valence-electron chi connectivity index (χ3n) is 5.31. The van der Waals surface area contributed by atoms with E-state index in [1.807, 2.05) is 0 Å². The molecule has 2 N–H and O–H groups in total. The zero-order chi connectivity index (χ0) is 25.5. The van der Waals surface area contributed by atoms with Crippen LogP contribution in [0.15, 0.2) is 54.9 Å². The van der Waals surface area contributed by atoms with Crippen LogP contribution >= 0.6 is 58.0 Å². The molecule has 0 aliphatic heterocycles. The van der Waals surface area contributed by atoms with Gasteiger partial charge in [0.25, 0.3) is 11.6 Å². The summed E-state index contributed by atoms with van der Waals surface area (Å²) in [4.78, 5) is 39.7.